The molecule has 0 bridgehead atoms. The summed E-state index contributed by atoms with van der Waals surface area (Å²) in [5.74, 6) is -0.434. The molecule has 3 aromatic rings. The number of ether oxygens (including phenoxy) is 1. The van der Waals surface area contributed by atoms with Crippen molar-refractivity contribution in [3.63, 3.8) is 0 Å². The van der Waals surface area contributed by atoms with E-state index in [-0.39, 0.29) is 22.8 Å². The molecule has 170 valence electrons. The van der Waals surface area contributed by atoms with Crippen molar-refractivity contribution in [2.45, 2.75) is 30.7 Å². The van der Waals surface area contributed by atoms with E-state index in [4.69, 9.17) is 11.6 Å². The molecule has 0 radical (unpaired) electrons. The van der Waals surface area contributed by atoms with Gasteiger partial charge in [0.05, 0.1) is 28.5 Å². The van der Waals surface area contributed by atoms with Gasteiger partial charge in [-0.05, 0) is 59.6 Å². The first kappa shape index (κ1) is 24.4. The van der Waals surface area contributed by atoms with Gasteiger partial charge in [-0.25, -0.2) is 22.5 Å². The van der Waals surface area contributed by atoms with Crippen molar-refractivity contribution < 1.29 is 22.3 Å². The van der Waals surface area contributed by atoms with E-state index in [1.807, 2.05) is 0 Å². The monoisotopic (exact) mass is 543 g/mol. The summed E-state index contributed by atoms with van der Waals surface area (Å²) in [6.45, 7) is 1.65. The Kier molecular flexibility index (Phi) is 7.71. The molecule has 1 atom stereocenters. The lowest BCUT2D eigenvalue weighted by molar-refractivity contribution is -0.140. The zero-order valence-electron chi connectivity index (χ0n) is 17.2. The quantitative estimate of drug-likeness (QED) is 0.392. The number of halogens is 3. The van der Waals surface area contributed by atoms with Gasteiger partial charge in [-0.2, -0.15) is 0 Å². The van der Waals surface area contributed by atoms with Crippen LogP contribution >= 0.6 is 27.5 Å². The highest BCUT2D eigenvalue weighted by Gasteiger charge is 2.22. The first-order valence-electron chi connectivity index (χ1n) is 9.50. The molecule has 0 aliphatic carbocycles. The summed E-state index contributed by atoms with van der Waals surface area (Å²) in [6.07, 6.45) is 1.89. The molecular weight excluding hydrogens is 525 g/mol. The van der Waals surface area contributed by atoms with Gasteiger partial charge in [0.2, 0.25) is 10.0 Å². The van der Waals surface area contributed by atoms with Crippen molar-refractivity contribution in [2.75, 3.05) is 7.11 Å². The fourth-order valence-electron chi connectivity index (χ4n) is 2.96. The van der Waals surface area contributed by atoms with E-state index in [1.54, 1.807) is 25.1 Å². The van der Waals surface area contributed by atoms with Crippen LogP contribution in [0.15, 0.2) is 52.0 Å². The number of rotatable bonds is 8. The number of hydrogen-bond donors (Lipinski definition) is 2. The maximum absolute atomic E-state index is 13.9. The summed E-state index contributed by atoms with van der Waals surface area (Å²) in [6, 6.07) is 8.66. The number of hydrogen-bond acceptors (Lipinski definition) is 5. The number of aromatic nitrogens is 2. The van der Waals surface area contributed by atoms with Crippen LogP contribution in [0.3, 0.4) is 0 Å². The molecule has 0 saturated heterocycles. The highest BCUT2D eigenvalue weighted by Crippen LogP contribution is 2.29. The number of sulfonamides is 1. The molecule has 11 heteroatoms. The molecular formula is C21H20BrClFN3O4S. The Hall–Kier alpha value is -2.27. The van der Waals surface area contributed by atoms with Crippen LogP contribution in [-0.2, 0) is 19.6 Å². The molecule has 1 heterocycles. The van der Waals surface area contributed by atoms with Crippen molar-refractivity contribution in [3.8, 4) is 22.6 Å². The van der Waals surface area contributed by atoms with Gasteiger partial charge < -0.3 is 9.72 Å². The Labute approximate surface area is 198 Å². The van der Waals surface area contributed by atoms with Crippen LogP contribution < -0.4 is 4.72 Å². The zero-order chi connectivity index (χ0) is 23.5. The Morgan fingerprint density at radius 2 is 2.00 bits per heavy atom. The second-order valence-corrected chi connectivity index (χ2v) is 10.0. The van der Waals surface area contributed by atoms with Crippen molar-refractivity contribution >= 4 is 43.5 Å². The van der Waals surface area contributed by atoms with E-state index in [9.17, 15) is 17.6 Å². The SMILES string of the molecule is COC(=O)CCC(C)NS(=O)(=O)c1cc(-c2ncc(-c3ccc(Br)c(F)c3)[nH]2)ccc1Cl. The van der Waals surface area contributed by atoms with Crippen molar-refractivity contribution in [1.82, 2.24) is 14.7 Å². The number of benzene rings is 2. The molecule has 0 fully saturated rings. The molecule has 0 saturated carbocycles. The Bertz CT molecular complexity index is 1250. The van der Waals surface area contributed by atoms with Crippen LogP contribution in [0.25, 0.3) is 22.6 Å². The standard InChI is InChI=1S/C21H20BrClFN3O4S/c1-12(3-8-20(28)31-2)27-32(29,30)19-10-14(5-7-16(19)23)21-25-11-18(26-21)13-4-6-15(22)17(24)9-13/h4-7,9-12,27H,3,8H2,1-2H3,(H,25,26). The molecule has 0 spiro atoms. The number of esters is 1. The largest absolute Gasteiger partial charge is 0.469 e. The summed E-state index contributed by atoms with van der Waals surface area (Å²) in [4.78, 5) is 18.5. The first-order chi connectivity index (χ1) is 15.1. The van der Waals surface area contributed by atoms with Crippen molar-refractivity contribution in [2.24, 2.45) is 0 Å². The topological polar surface area (TPSA) is 101 Å². The van der Waals surface area contributed by atoms with E-state index in [0.717, 1.165) is 0 Å². The molecule has 0 aliphatic heterocycles. The predicted octanol–water partition coefficient (Wildman–Crippen LogP) is 4.92. The molecule has 0 amide bonds. The van der Waals surface area contributed by atoms with Crippen LogP contribution in [0.5, 0.6) is 0 Å². The van der Waals surface area contributed by atoms with E-state index < -0.39 is 27.9 Å². The van der Waals surface area contributed by atoms with Gasteiger partial charge in [0.25, 0.3) is 0 Å². The minimum Gasteiger partial charge on any atom is -0.469 e. The third kappa shape index (κ3) is 5.74. The van der Waals surface area contributed by atoms with Crippen LogP contribution in [-0.4, -0.2) is 37.5 Å². The minimum atomic E-state index is -3.96. The number of carbonyl (C=O) groups excluding carboxylic acids is 1. The molecule has 3 rings (SSSR count). The number of H-pyrrole nitrogens is 1. The Morgan fingerprint density at radius 3 is 2.69 bits per heavy atom. The molecule has 2 aromatic carbocycles. The van der Waals surface area contributed by atoms with E-state index in [0.29, 0.717) is 27.1 Å². The summed E-state index contributed by atoms with van der Waals surface area (Å²) >= 11 is 9.28. The molecule has 0 aliphatic rings. The Balaban J connectivity index is 1.85. The second-order valence-electron chi connectivity index (χ2n) is 7.06. The van der Waals surface area contributed by atoms with Crippen LogP contribution in [0.1, 0.15) is 19.8 Å². The van der Waals surface area contributed by atoms with E-state index in [1.165, 1.54) is 31.5 Å². The molecule has 32 heavy (non-hydrogen) atoms. The van der Waals surface area contributed by atoms with Gasteiger partial charge in [-0.3, -0.25) is 4.79 Å². The van der Waals surface area contributed by atoms with Crippen LogP contribution in [0.4, 0.5) is 4.39 Å². The normalized spacial score (nSPS) is 12.5. The average Bonchev–Trinajstić information content (AvgIpc) is 3.24. The highest BCUT2D eigenvalue weighted by molar-refractivity contribution is 9.10. The van der Waals surface area contributed by atoms with Gasteiger partial charge >= 0.3 is 5.97 Å². The lowest BCUT2D eigenvalue weighted by Crippen LogP contribution is -2.33. The number of carbonyl (C=O) groups is 1. The number of nitrogens with one attached hydrogen (secondary N) is 2. The lowest BCUT2D eigenvalue weighted by atomic mass is 10.2. The van der Waals surface area contributed by atoms with Crippen LogP contribution in [0.2, 0.25) is 5.02 Å². The van der Waals surface area contributed by atoms with Gasteiger partial charge in [-0.15, -0.1) is 0 Å². The maximum Gasteiger partial charge on any atom is 0.305 e. The number of nitrogens with zero attached hydrogens (tertiary/aromatic N) is 1. The van der Waals surface area contributed by atoms with Crippen molar-refractivity contribution in [3.05, 3.63) is 57.9 Å². The first-order valence-corrected chi connectivity index (χ1v) is 12.2. The van der Waals surface area contributed by atoms with Crippen molar-refractivity contribution in [1.29, 1.82) is 0 Å². The van der Waals surface area contributed by atoms with Gasteiger partial charge in [0, 0.05) is 23.6 Å². The van der Waals surface area contributed by atoms with Gasteiger partial charge in [-0.1, -0.05) is 17.7 Å². The fraction of sp³-hybridized carbons (Fsp3) is 0.238. The predicted molar refractivity (Wildman–Crippen MR) is 123 cm³/mol. The van der Waals surface area contributed by atoms with Gasteiger partial charge in [0.1, 0.15) is 16.5 Å². The smallest absolute Gasteiger partial charge is 0.305 e. The Morgan fingerprint density at radius 1 is 1.28 bits per heavy atom. The summed E-state index contributed by atoms with van der Waals surface area (Å²) < 4.78 is 47.0. The van der Waals surface area contributed by atoms with E-state index in [2.05, 4.69) is 35.4 Å². The second kappa shape index (κ2) is 10.1. The molecule has 2 N–H and O–H groups in total. The molecule has 1 aromatic heterocycles. The van der Waals surface area contributed by atoms with Gasteiger partial charge in [0.15, 0.2) is 0 Å². The summed E-state index contributed by atoms with van der Waals surface area (Å²) in [7, 11) is -2.69. The number of methoxy groups -OCH3 is 1. The molecule has 7 nitrogen and oxygen atoms in total. The lowest BCUT2D eigenvalue weighted by Gasteiger charge is -2.15. The molecule has 1 unspecified atom stereocenters. The maximum atomic E-state index is 13.9. The average molecular weight is 545 g/mol. The highest BCUT2D eigenvalue weighted by atomic mass is 79.9. The van der Waals surface area contributed by atoms with E-state index >= 15 is 0 Å². The fourth-order valence-corrected chi connectivity index (χ4v) is 5.01. The zero-order valence-corrected chi connectivity index (χ0v) is 20.3. The number of aromatic amines is 1. The number of imidazole rings is 1. The summed E-state index contributed by atoms with van der Waals surface area (Å²) in [5.41, 5.74) is 1.65. The van der Waals surface area contributed by atoms with Crippen LogP contribution in [0, 0.1) is 5.82 Å². The third-order valence-corrected chi connectivity index (χ3v) is 7.38. The third-order valence-electron chi connectivity index (χ3n) is 4.67. The summed E-state index contributed by atoms with van der Waals surface area (Å²) in [5, 5.41) is 0.0446. The minimum absolute atomic E-state index is 0.0446.